The molecule has 2 unspecified atom stereocenters. The van der Waals surface area contributed by atoms with Crippen molar-refractivity contribution in [1.29, 1.82) is 0 Å². The summed E-state index contributed by atoms with van der Waals surface area (Å²) >= 11 is 3.52. The predicted molar refractivity (Wildman–Crippen MR) is 113 cm³/mol. The molecule has 2 aromatic heterocycles. The van der Waals surface area contributed by atoms with Crippen LogP contribution in [-0.4, -0.2) is 70.4 Å². The molecular weight excluding hydrogens is 466 g/mol. The van der Waals surface area contributed by atoms with Gasteiger partial charge < -0.3 is 21.4 Å². The molecule has 2 aliphatic rings. The van der Waals surface area contributed by atoms with E-state index in [1.807, 2.05) is 0 Å². The number of anilines is 1. The number of oxime groups is 1. The summed E-state index contributed by atoms with van der Waals surface area (Å²) in [6.07, 6.45) is 4.83. The topological polar surface area (TPSA) is 184 Å². The molecule has 0 spiro atoms. The summed E-state index contributed by atoms with van der Waals surface area (Å²) in [5.41, 5.74) is 5.52. The molecule has 1 fully saturated rings. The van der Waals surface area contributed by atoms with Gasteiger partial charge in [-0.1, -0.05) is 15.7 Å². The van der Waals surface area contributed by atoms with Gasteiger partial charge in [-0.15, -0.1) is 28.2 Å². The van der Waals surface area contributed by atoms with Crippen LogP contribution in [-0.2, 0) is 14.4 Å². The summed E-state index contributed by atoms with van der Waals surface area (Å²) in [5.74, 6) is -2.34. The van der Waals surface area contributed by atoms with Crippen LogP contribution in [0.5, 0.6) is 0 Å². The number of carboxylic acids is 1. The van der Waals surface area contributed by atoms with Gasteiger partial charge in [0.1, 0.15) is 22.8 Å². The number of aliphatic carboxylic acids is 1. The van der Waals surface area contributed by atoms with Crippen molar-refractivity contribution in [2.45, 2.75) is 11.4 Å². The Balaban J connectivity index is 1.52. The third-order valence-corrected chi connectivity index (χ3v) is 7.00. The fourth-order valence-corrected chi connectivity index (χ4v) is 5.30. The van der Waals surface area contributed by atoms with Gasteiger partial charge in [-0.05, 0) is 23.2 Å². The highest BCUT2D eigenvalue weighted by Crippen LogP contribution is 2.40. The maximum atomic E-state index is 12.7. The van der Waals surface area contributed by atoms with Gasteiger partial charge in [-0.25, -0.2) is 9.78 Å². The maximum Gasteiger partial charge on any atom is 0.352 e. The summed E-state index contributed by atoms with van der Waals surface area (Å²) in [7, 11) is 0. The second-order valence-electron chi connectivity index (χ2n) is 6.21. The molecule has 12 nitrogen and oxygen atoms in total. The van der Waals surface area contributed by atoms with Gasteiger partial charge in [0.25, 0.3) is 11.8 Å². The second kappa shape index (κ2) is 8.44. The number of carbonyl (C=O) groups excluding carboxylic acids is 2. The number of rotatable bonds is 6. The van der Waals surface area contributed by atoms with Crippen molar-refractivity contribution in [3.8, 4) is 0 Å². The number of nitrogens with two attached hydrogens (primary N) is 1. The minimum Gasteiger partial charge on any atom is -0.477 e. The van der Waals surface area contributed by atoms with E-state index in [0.717, 1.165) is 32.6 Å². The lowest BCUT2D eigenvalue weighted by Gasteiger charge is -2.49. The quantitative estimate of drug-likeness (QED) is 0.193. The van der Waals surface area contributed by atoms with Crippen molar-refractivity contribution in [3.63, 3.8) is 0 Å². The molecule has 15 heteroatoms. The van der Waals surface area contributed by atoms with E-state index in [-0.39, 0.29) is 16.5 Å². The number of aromatic nitrogens is 3. The lowest BCUT2D eigenvalue weighted by molar-refractivity contribution is -0.150. The predicted octanol–water partition coefficient (Wildman–Crippen LogP) is 0.207. The molecule has 1 saturated heterocycles. The number of carboxylic acid groups (broad SMARTS) is 1. The maximum absolute atomic E-state index is 12.7. The molecule has 0 radical (unpaired) electrons. The molecule has 31 heavy (non-hydrogen) atoms. The van der Waals surface area contributed by atoms with E-state index < -0.39 is 34.9 Å². The summed E-state index contributed by atoms with van der Waals surface area (Å²) in [6, 6.07) is -0.976. The van der Waals surface area contributed by atoms with Crippen molar-refractivity contribution in [2.24, 2.45) is 5.16 Å². The first-order chi connectivity index (χ1) is 14.9. The average molecular weight is 480 g/mol. The van der Waals surface area contributed by atoms with Crippen molar-refractivity contribution < 1.29 is 24.7 Å². The van der Waals surface area contributed by atoms with Gasteiger partial charge >= 0.3 is 5.97 Å². The Labute approximate surface area is 186 Å². The Morgan fingerprint density at radius 3 is 2.81 bits per heavy atom. The molecule has 2 aromatic rings. The number of fused-ring (bicyclic) bond motifs is 1. The molecule has 4 rings (SSSR count). The lowest BCUT2D eigenvalue weighted by atomic mass is 10.0. The van der Waals surface area contributed by atoms with Crippen LogP contribution in [0.2, 0.25) is 0 Å². The Bertz CT molecular complexity index is 1140. The molecule has 0 aliphatic carbocycles. The van der Waals surface area contributed by atoms with Crippen LogP contribution >= 0.6 is 34.6 Å². The van der Waals surface area contributed by atoms with Gasteiger partial charge in [0, 0.05) is 11.1 Å². The largest absolute Gasteiger partial charge is 0.477 e. The first-order valence-corrected chi connectivity index (χ1v) is 11.2. The Kier molecular flexibility index (Phi) is 5.71. The van der Waals surface area contributed by atoms with Crippen LogP contribution in [0, 0.1) is 0 Å². The van der Waals surface area contributed by atoms with Crippen LogP contribution < -0.4 is 11.1 Å². The SMILES string of the molecule is Nc1nc(/C(=N/O)C(=O)NC2C(=O)N3C(C(=O)O)=C(/C=C/c4cnns4)CSC23)cs1. The highest BCUT2D eigenvalue weighted by atomic mass is 32.2. The van der Waals surface area contributed by atoms with E-state index in [1.165, 1.54) is 23.3 Å². The number of thiazole rings is 1. The molecule has 2 aliphatic heterocycles. The van der Waals surface area contributed by atoms with Crippen molar-refractivity contribution in [2.75, 3.05) is 11.5 Å². The van der Waals surface area contributed by atoms with E-state index in [1.54, 1.807) is 12.2 Å². The Morgan fingerprint density at radius 2 is 2.19 bits per heavy atom. The number of carbonyl (C=O) groups is 3. The zero-order valence-corrected chi connectivity index (χ0v) is 17.8. The number of thioether (sulfide) groups is 1. The number of allylic oxidation sites excluding steroid dienone is 1. The summed E-state index contributed by atoms with van der Waals surface area (Å²) in [5, 5.41) is 29.0. The van der Waals surface area contributed by atoms with E-state index in [0.29, 0.717) is 11.3 Å². The van der Waals surface area contributed by atoms with Gasteiger partial charge in [0.05, 0.1) is 11.1 Å². The minimum absolute atomic E-state index is 0.0681. The fourth-order valence-electron chi connectivity index (χ4n) is 3.02. The third kappa shape index (κ3) is 3.89. The highest BCUT2D eigenvalue weighted by molar-refractivity contribution is 8.00. The monoisotopic (exact) mass is 479 g/mol. The first-order valence-electron chi connectivity index (χ1n) is 8.51. The third-order valence-electron chi connectivity index (χ3n) is 4.39. The van der Waals surface area contributed by atoms with Gasteiger partial charge in [-0.2, -0.15) is 0 Å². The molecule has 0 aromatic carbocycles. The number of nitrogens with one attached hydrogen (secondary N) is 1. The van der Waals surface area contributed by atoms with Crippen LogP contribution in [0.3, 0.4) is 0 Å². The number of nitrogen functional groups attached to an aromatic ring is 1. The molecule has 0 bridgehead atoms. The highest BCUT2D eigenvalue weighted by Gasteiger charge is 2.54. The number of amides is 2. The lowest BCUT2D eigenvalue weighted by Crippen LogP contribution is -2.71. The summed E-state index contributed by atoms with van der Waals surface area (Å²) in [4.78, 5) is 42.8. The second-order valence-corrected chi connectivity index (χ2v) is 9.02. The van der Waals surface area contributed by atoms with Gasteiger partial charge in [0.15, 0.2) is 10.8 Å². The Morgan fingerprint density at radius 1 is 1.39 bits per heavy atom. The summed E-state index contributed by atoms with van der Waals surface area (Å²) < 4.78 is 3.73. The number of hydrogen-bond acceptors (Lipinski definition) is 12. The van der Waals surface area contributed by atoms with E-state index in [4.69, 9.17) is 5.73 Å². The Hall–Kier alpha value is -3.30. The molecule has 5 N–H and O–H groups in total. The van der Waals surface area contributed by atoms with Crippen molar-refractivity contribution in [3.05, 3.63) is 39.5 Å². The number of β-lactam (4-membered cyclic amide) rings is 1. The molecule has 2 amide bonds. The minimum atomic E-state index is -1.25. The van der Waals surface area contributed by atoms with Crippen LogP contribution in [0.25, 0.3) is 6.08 Å². The van der Waals surface area contributed by atoms with Crippen molar-refractivity contribution >= 4 is 69.3 Å². The van der Waals surface area contributed by atoms with Gasteiger partial charge in [-0.3, -0.25) is 14.5 Å². The zero-order valence-electron chi connectivity index (χ0n) is 15.3. The van der Waals surface area contributed by atoms with Crippen LogP contribution in [0.15, 0.2) is 34.1 Å². The molecule has 4 heterocycles. The normalized spacial score (nSPS) is 21.2. The van der Waals surface area contributed by atoms with Gasteiger partial charge in [0.2, 0.25) is 0 Å². The molecule has 0 saturated carbocycles. The summed E-state index contributed by atoms with van der Waals surface area (Å²) in [6.45, 7) is 0. The van der Waals surface area contributed by atoms with Crippen molar-refractivity contribution in [1.82, 2.24) is 24.8 Å². The number of hydrogen-bond donors (Lipinski definition) is 4. The fraction of sp³-hybridized carbons (Fsp3) is 0.188. The molecule has 160 valence electrons. The standard InChI is InChI=1S/C16H13N7O5S3/c17-16-19-8(5-30-16)9(21-28)12(24)20-10-13(25)23-11(15(26)27)6(4-29-14(10)23)1-2-7-3-18-22-31-7/h1-3,5,10,14,28H,4H2,(H2,17,19)(H,20,24)(H,26,27)/b2-1+,21-9-. The number of nitrogens with zero attached hydrogens (tertiary/aromatic N) is 5. The smallest absolute Gasteiger partial charge is 0.352 e. The van der Waals surface area contributed by atoms with E-state index in [9.17, 15) is 24.7 Å². The molecular formula is C16H13N7O5S3. The zero-order chi connectivity index (χ0) is 22.1. The van der Waals surface area contributed by atoms with E-state index in [2.05, 4.69) is 25.0 Å². The van der Waals surface area contributed by atoms with E-state index >= 15 is 0 Å². The first kappa shape index (κ1) is 21.0. The van der Waals surface area contributed by atoms with Crippen LogP contribution in [0.4, 0.5) is 5.13 Å². The average Bonchev–Trinajstić information content (AvgIpc) is 3.42. The van der Waals surface area contributed by atoms with Crippen LogP contribution in [0.1, 0.15) is 10.6 Å². The molecule has 2 atom stereocenters.